The summed E-state index contributed by atoms with van der Waals surface area (Å²) in [6.07, 6.45) is 3.66. The van der Waals surface area contributed by atoms with Gasteiger partial charge in [-0.3, -0.25) is 9.59 Å². The van der Waals surface area contributed by atoms with Crippen LogP contribution in [-0.2, 0) is 14.3 Å². The van der Waals surface area contributed by atoms with Crippen molar-refractivity contribution >= 4 is 17.3 Å². The van der Waals surface area contributed by atoms with E-state index in [0.717, 1.165) is 16.7 Å². The Morgan fingerprint density at radius 2 is 2.00 bits per heavy atom. The van der Waals surface area contributed by atoms with Gasteiger partial charge in [-0.2, -0.15) is 0 Å². The molecule has 24 heavy (non-hydrogen) atoms. The molecule has 2 atom stereocenters. The van der Waals surface area contributed by atoms with Crippen molar-refractivity contribution in [3.8, 4) is 0 Å². The topological polar surface area (TPSA) is 56.5 Å². The van der Waals surface area contributed by atoms with Crippen molar-refractivity contribution in [1.82, 2.24) is 0 Å². The van der Waals surface area contributed by atoms with Crippen LogP contribution in [0.25, 0.3) is 5.57 Å². The molecule has 0 amide bonds. The highest BCUT2D eigenvalue weighted by molar-refractivity contribution is 6.10. The first-order valence-corrected chi connectivity index (χ1v) is 8.11. The number of allylic oxidation sites excluding steroid dienone is 2. The van der Waals surface area contributed by atoms with Crippen LogP contribution in [-0.4, -0.2) is 18.4 Å². The fourth-order valence-electron chi connectivity index (χ4n) is 3.14. The Bertz CT molecular complexity index is 753. The molecule has 3 rings (SSSR count). The number of hydrogen-bond donors (Lipinski definition) is 0. The molecule has 0 saturated carbocycles. The van der Waals surface area contributed by atoms with Crippen LogP contribution >= 0.6 is 0 Å². The van der Waals surface area contributed by atoms with Gasteiger partial charge in [0, 0.05) is 5.92 Å². The maximum absolute atomic E-state index is 12.6. The molecule has 0 saturated heterocycles. The van der Waals surface area contributed by atoms with Crippen molar-refractivity contribution in [2.75, 3.05) is 6.61 Å². The average Bonchev–Trinajstić information content (AvgIpc) is 3.09. The maximum atomic E-state index is 12.6. The van der Waals surface area contributed by atoms with Gasteiger partial charge in [0.05, 0.1) is 12.9 Å². The van der Waals surface area contributed by atoms with Crippen LogP contribution < -0.4 is 0 Å². The van der Waals surface area contributed by atoms with Gasteiger partial charge in [0.25, 0.3) is 0 Å². The van der Waals surface area contributed by atoms with E-state index in [1.165, 1.54) is 6.08 Å². The van der Waals surface area contributed by atoms with E-state index in [2.05, 4.69) is 0 Å². The second-order valence-electron chi connectivity index (χ2n) is 6.00. The molecule has 0 unspecified atom stereocenters. The van der Waals surface area contributed by atoms with Gasteiger partial charge in [0.15, 0.2) is 5.78 Å². The van der Waals surface area contributed by atoms with Gasteiger partial charge in [-0.15, -0.1) is 0 Å². The zero-order chi connectivity index (χ0) is 17.1. The van der Waals surface area contributed by atoms with Crippen LogP contribution in [0.4, 0.5) is 0 Å². The van der Waals surface area contributed by atoms with Gasteiger partial charge < -0.3 is 9.15 Å². The third-order valence-electron chi connectivity index (χ3n) is 4.35. The molecule has 0 spiro atoms. The summed E-state index contributed by atoms with van der Waals surface area (Å²) in [5, 5.41) is 0. The average molecular weight is 324 g/mol. The van der Waals surface area contributed by atoms with Gasteiger partial charge in [0.2, 0.25) is 0 Å². The highest BCUT2D eigenvalue weighted by Crippen LogP contribution is 2.40. The smallest absolute Gasteiger partial charge is 0.317 e. The van der Waals surface area contributed by atoms with Crippen molar-refractivity contribution < 1.29 is 18.7 Å². The van der Waals surface area contributed by atoms with Gasteiger partial charge in [-0.05, 0) is 49.6 Å². The molecule has 124 valence electrons. The summed E-state index contributed by atoms with van der Waals surface area (Å²) in [5.74, 6) is -1.06. The number of ether oxygens (including phenoxy) is 1. The summed E-state index contributed by atoms with van der Waals surface area (Å²) in [6.45, 7) is 4.01. The SMILES string of the molecule is CCOC(=O)[C@@H]1C(=O)C=C(c2ccco2)C[C@@H]1c1ccc(C)cc1. The van der Waals surface area contributed by atoms with Crippen molar-refractivity contribution in [1.29, 1.82) is 0 Å². The molecule has 1 aromatic carbocycles. The van der Waals surface area contributed by atoms with E-state index in [1.54, 1.807) is 19.3 Å². The summed E-state index contributed by atoms with van der Waals surface area (Å²) in [6, 6.07) is 11.6. The van der Waals surface area contributed by atoms with E-state index in [-0.39, 0.29) is 18.3 Å². The van der Waals surface area contributed by atoms with E-state index < -0.39 is 11.9 Å². The highest BCUT2D eigenvalue weighted by atomic mass is 16.5. The predicted octanol–water partition coefficient (Wildman–Crippen LogP) is 3.91. The molecule has 0 bridgehead atoms. The summed E-state index contributed by atoms with van der Waals surface area (Å²) in [7, 11) is 0. The van der Waals surface area contributed by atoms with E-state index >= 15 is 0 Å². The number of ketones is 1. The molecule has 0 fully saturated rings. The lowest BCUT2D eigenvalue weighted by Crippen LogP contribution is -2.34. The van der Waals surface area contributed by atoms with Crippen LogP contribution in [0.1, 0.15) is 36.1 Å². The number of rotatable bonds is 4. The fourth-order valence-corrected chi connectivity index (χ4v) is 3.14. The van der Waals surface area contributed by atoms with Gasteiger partial charge >= 0.3 is 5.97 Å². The zero-order valence-corrected chi connectivity index (χ0v) is 13.8. The molecule has 0 radical (unpaired) electrons. The van der Waals surface area contributed by atoms with E-state index in [9.17, 15) is 9.59 Å². The Labute approximate surface area is 141 Å². The predicted molar refractivity (Wildman–Crippen MR) is 90.4 cm³/mol. The van der Waals surface area contributed by atoms with Crippen molar-refractivity contribution in [3.63, 3.8) is 0 Å². The fraction of sp³-hybridized carbons (Fsp3) is 0.300. The van der Waals surface area contributed by atoms with Crippen molar-refractivity contribution in [2.24, 2.45) is 5.92 Å². The minimum atomic E-state index is -0.800. The Morgan fingerprint density at radius 1 is 1.25 bits per heavy atom. The first kappa shape index (κ1) is 16.2. The van der Waals surface area contributed by atoms with Crippen LogP contribution in [0, 0.1) is 12.8 Å². The lowest BCUT2D eigenvalue weighted by Gasteiger charge is -2.28. The second-order valence-corrected chi connectivity index (χ2v) is 6.00. The third-order valence-corrected chi connectivity index (χ3v) is 4.35. The van der Waals surface area contributed by atoms with Crippen LogP contribution in [0.15, 0.2) is 53.2 Å². The van der Waals surface area contributed by atoms with E-state index in [1.807, 2.05) is 37.3 Å². The molecule has 0 aliphatic heterocycles. The number of hydrogen-bond acceptors (Lipinski definition) is 4. The molecule has 0 N–H and O–H groups in total. The van der Waals surface area contributed by atoms with Gasteiger partial charge in [-0.1, -0.05) is 29.8 Å². The molecule has 1 aliphatic carbocycles. The molecule has 4 nitrogen and oxygen atoms in total. The first-order chi connectivity index (χ1) is 11.6. The van der Waals surface area contributed by atoms with Crippen LogP contribution in [0.3, 0.4) is 0 Å². The highest BCUT2D eigenvalue weighted by Gasteiger charge is 2.40. The van der Waals surface area contributed by atoms with Gasteiger partial charge in [-0.25, -0.2) is 0 Å². The number of benzene rings is 1. The van der Waals surface area contributed by atoms with Crippen LogP contribution in [0.5, 0.6) is 0 Å². The van der Waals surface area contributed by atoms with Gasteiger partial charge in [0.1, 0.15) is 11.7 Å². The van der Waals surface area contributed by atoms with E-state index in [0.29, 0.717) is 12.2 Å². The number of carbonyl (C=O) groups is 2. The minimum Gasteiger partial charge on any atom is -0.465 e. The summed E-state index contributed by atoms with van der Waals surface area (Å²) >= 11 is 0. The number of aryl methyl sites for hydroxylation is 1. The quantitative estimate of drug-likeness (QED) is 0.632. The minimum absolute atomic E-state index is 0.225. The third kappa shape index (κ3) is 3.18. The summed E-state index contributed by atoms with van der Waals surface area (Å²) in [4.78, 5) is 25.0. The Hall–Kier alpha value is -2.62. The monoisotopic (exact) mass is 324 g/mol. The van der Waals surface area contributed by atoms with E-state index in [4.69, 9.17) is 9.15 Å². The Balaban J connectivity index is 2.00. The lowest BCUT2D eigenvalue weighted by molar-refractivity contribution is -0.151. The molecular formula is C20H20O4. The molecule has 4 heteroatoms. The largest absolute Gasteiger partial charge is 0.465 e. The molecule has 1 aromatic heterocycles. The standard InChI is InChI=1S/C20H20O4/c1-3-23-20(22)19-16(14-8-6-13(2)7-9-14)11-15(12-17(19)21)18-5-4-10-24-18/h4-10,12,16,19H,3,11H2,1-2H3/t16-,19+/m1/s1. The molecule has 1 heterocycles. The zero-order valence-electron chi connectivity index (χ0n) is 13.8. The Morgan fingerprint density at radius 3 is 2.62 bits per heavy atom. The summed E-state index contributed by atoms with van der Waals surface area (Å²) in [5.41, 5.74) is 2.91. The maximum Gasteiger partial charge on any atom is 0.317 e. The summed E-state index contributed by atoms with van der Waals surface area (Å²) < 4.78 is 10.6. The van der Waals surface area contributed by atoms with Crippen LogP contribution in [0.2, 0.25) is 0 Å². The Kier molecular flexibility index (Phi) is 4.65. The number of esters is 1. The lowest BCUT2D eigenvalue weighted by atomic mass is 9.74. The number of carbonyl (C=O) groups excluding carboxylic acids is 2. The second kappa shape index (κ2) is 6.87. The molecule has 2 aromatic rings. The molecule has 1 aliphatic rings. The van der Waals surface area contributed by atoms with Crippen molar-refractivity contribution in [3.05, 3.63) is 65.6 Å². The normalized spacial score (nSPS) is 20.6. The van der Waals surface area contributed by atoms with Crippen molar-refractivity contribution in [2.45, 2.75) is 26.2 Å². The number of furan rings is 1. The molecular weight excluding hydrogens is 304 g/mol. The first-order valence-electron chi connectivity index (χ1n) is 8.11.